The van der Waals surface area contributed by atoms with Crippen LogP contribution in [0.4, 0.5) is 0 Å². The van der Waals surface area contributed by atoms with Gasteiger partial charge in [-0.05, 0) is 35.6 Å². The van der Waals surface area contributed by atoms with Crippen molar-refractivity contribution in [3.8, 4) is 0 Å². The Morgan fingerprint density at radius 2 is 2.00 bits per heavy atom. The van der Waals surface area contributed by atoms with Crippen LogP contribution in [0.5, 0.6) is 0 Å². The van der Waals surface area contributed by atoms with Crippen LogP contribution in [0.3, 0.4) is 0 Å². The summed E-state index contributed by atoms with van der Waals surface area (Å²) in [7, 11) is 0. The Kier molecular flexibility index (Phi) is 2.32. The molecule has 0 bridgehead atoms. The number of allylic oxidation sites excluding steroid dienone is 6. The van der Waals surface area contributed by atoms with Crippen molar-refractivity contribution in [2.45, 2.75) is 16.8 Å². The van der Waals surface area contributed by atoms with E-state index in [2.05, 4.69) is 78.1 Å². The Morgan fingerprint density at radius 1 is 1.19 bits per heavy atom. The van der Waals surface area contributed by atoms with Crippen molar-refractivity contribution in [2.75, 3.05) is 0 Å². The molecule has 0 N–H and O–H groups in total. The summed E-state index contributed by atoms with van der Waals surface area (Å²) in [6.07, 6.45) is 10.00. The molecule has 0 nitrogen and oxygen atoms in total. The maximum Gasteiger partial charge on any atom is 0.0695 e. The van der Waals surface area contributed by atoms with Crippen molar-refractivity contribution in [1.29, 1.82) is 0 Å². The second-order valence-corrected chi connectivity index (χ2v) is 6.38. The lowest BCUT2D eigenvalue weighted by Crippen LogP contribution is -2.29. The Labute approximate surface area is 110 Å². The van der Waals surface area contributed by atoms with Gasteiger partial charge in [0, 0.05) is 0 Å². The Bertz CT molecular complexity index is 534. The van der Waals surface area contributed by atoms with Crippen LogP contribution in [0, 0.1) is 0 Å². The lowest BCUT2D eigenvalue weighted by molar-refractivity contribution is 0.840. The number of hydrogen-bond acceptors (Lipinski definition) is 0. The molecule has 2 aliphatic rings. The molecule has 0 fully saturated rings. The summed E-state index contributed by atoms with van der Waals surface area (Å²) < 4.78 is 0.172. The molecule has 2 aliphatic carbocycles. The first kappa shape index (κ1) is 10.3. The molecule has 0 radical (unpaired) electrons. The third-order valence-corrected chi connectivity index (χ3v) is 4.78. The fourth-order valence-electron chi connectivity index (χ4n) is 2.64. The Balaban J connectivity index is 2.27. The minimum atomic E-state index is 0.172. The van der Waals surface area contributed by atoms with Crippen molar-refractivity contribution in [3.63, 3.8) is 0 Å². The van der Waals surface area contributed by atoms with E-state index < -0.39 is 0 Å². The highest BCUT2D eigenvalue weighted by atomic mass is 127. The van der Waals surface area contributed by atoms with E-state index in [1.807, 2.05) is 0 Å². The molecule has 1 atom stereocenters. The largest absolute Gasteiger partial charge is 0.0695 e. The first-order valence-corrected chi connectivity index (χ1v) is 6.63. The highest BCUT2D eigenvalue weighted by molar-refractivity contribution is 14.1. The number of hydrogen-bond donors (Lipinski definition) is 0. The van der Waals surface area contributed by atoms with E-state index in [1.54, 1.807) is 0 Å². The third-order valence-electron chi connectivity index (χ3n) is 3.46. The van der Waals surface area contributed by atoms with Gasteiger partial charge in [0.2, 0.25) is 0 Å². The van der Waals surface area contributed by atoms with Crippen LogP contribution < -0.4 is 0 Å². The zero-order valence-electron chi connectivity index (χ0n) is 9.20. The molecule has 1 unspecified atom stereocenters. The van der Waals surface area contributed by atoms with Crippen LogP contribution in [0.15, 0.2) is 54.1 Å². The molecule has 16 heavy (non-hydrogen) atoms. The zero-order valence-corrected chi connectivity index (χ0v) is 11.4. The first-order valence-electron chi connectivity index (χ1n) is 5.55. The topological polar surface area (TPSA) is 0 Å². The molecule has 1 aromatic rings. The first-order chi connectivity index (χ1) is 7.71. The quantitative estimate of drug-likeness (QED) is 0.493. The van der Waals surface area contributed by atoms with E-state index in [1.165, 1.54) is 22.3 Å². The molecular formula is C15H13I. The summed E-state index contributed by atoms with van der Waals surface area (Å²) in [6.45, 7) is 2.24. The van der Waals surface area contributed by atoms with Gasteiger partial charge in [0.05, 0.1) is 3.42 Å². The molecule has 80 valence electrons. The lowest BCUT2D eigenvalue weighted by atomic mass is 9.77. The molecular weight excluding hydrogens is 307 g/mol. The number of fused-ring (bicyclic) bond motifs is 2. The molecule has 1 heteroatoms. The Hall–Kier alpha value is -0.830. The molecule has 0 saturated carbocycles. The van der Waals surface area contributed by atoms with Gasteiger partial charge in [-0.25, -0.2) is 0 Å². The third kappa shape index (κ3) is 1.41. The molecule has 0 amide bonds. The molecule has 3 rings (SSSR count). The highest BCUT2D eigenvalue weighted by Crippen LogP contribution is 2.45. The van der Waals surface area contributed by atoms with Gasteiger partial charge in [-0.15, -0.1) is 0 Å². The fraction of sp³-hybridized carbons (Fsp3) is 0.200. The van der Waals surface area contributed by atoms with Gasteiger partial charge in [-0.2, -0.15) is 0 Å². The standard InChI is InChI=1S/C15H13I/c1-11-13-7-3-2-6-12(13)10-15(16)9-5-4-8-14(11)15/h2-9H,10H2,1H3. The highest BCUT2D eigenvalue weighted by Gasteiger charge is 2.34. The van der Waals surface area contributed by atoms with Crippen molar-refractivity contribution < 1.29 is 0 Å². The van der Waals surface area contributed by atoms with Gasteiger partial charge in [0.1, 0.15) is 0 Å². The van der Waals surface area contributed by atoms with E-state index in [9.17, 15) is 0 Å². The number of alkyl halides is 1. The van der Waals surface area contributed by atoms with E-state index in [-0.39, 0.29) is 3.42 Å². The van der Waals surface area contributed by atoms with Crippen LogP contribution in [-0.4, -0.2) is 3.42 Å². The molecule has 0 heterocycles. The van der Waals surface area contributed by atoms with Crippen LogP contribution in [0.1, 0.15) is 18.1 Å². The Morgan fingerprint density at radius 3 is 2.88 bits per heavy atom. The SMILES string of the molecule is CC1=C2C=CC=CC2(I)Cc2ccccc21. The number of benzene rings is 1. The van der Waals surface area contributed by atoms with Gasteiger partial charge in [0.15, 0.2) is 0 Å². The van der Waals surface area contributed by atoms with Gasteiger partial charge in [-0.3, -0.25) is 0 Å². The summed E-state index contributed by atoms with van der Waals surface area (Å²) in [4.78, 5) is 0. The summed E-state index contributed by atoms with van der Waals surface area (Å²) in [5.74, 6) is 0. The fourth-order valence-corrected chi connectivity index (χ4v) is 3.84. The molecule has 0 spiro atoms. The molecule has 0 aromatic heterocycles. The van der Waals surface area contributed by atoms with Crippen LogP contribution in [0.25, 0.3) is 5.57 Å². The summed E-state index contributed by atoms with van der Waals surface area (Å²) in [5, 5.41) is 0. The van der Waals surface area contributed by atoms with E-state index in [0.717, 1.165) is 6.42 Å². The summed E-state index contributed by atoms with van der Waals surface area (Å²) in [6, 6.07) is 8.76. The second kappa shape index (κ2) is 3.59. The molecule has 1 aromatic carbocycles. The van der Waals surface area contributed by atoms with Crippen molar-refractivity contribution >= 4 is 28.2 Å². The van der Waals surface area contributed by atoms with Gasteiger partial charge in [0.25, 0.3) is 0 Å². The van der Waals surface area contributed by atoms with E-state index in [4.69, 9.17) is 0 Å². The average Bonchev–Trinajstić information content (AvgIpc) is 2.28. The second-order valence-electron chi connectivity index (χ2n) is 4.45. The van der Waals surface area contributed by atoms with Gasteiger partial charge < -0.3 is 0 Å². The van der Waals surface area contributed by atoms with Crippen molar-refractivity contribution in [1.82, 2.24) is 0 Å². The van der Waals surface area contributed by atoms with E-state index in [0.29, 0.717) is 0 Å². The maximum absolute atomic E-state index is 2.58. The molecule has 0 saturated heterocycles. The van der Waals surface area contributed by atoms with Crippen LogP contribution in [0.2, 0.25) is 0 Å². The average molecular weight is 320 g/mol. The minimum Gasteiger partial charge on any atom is -0.0687 e. The summed E-state index contributed by atoms with van der Waals surface area (Å²) in [5.41, 5.74) is 5.79. The number of rotatable bonds is 0. The van der Waals surface area contributed by atoms with Gasteiger partial charge >= 0.3 is 0 Å². The lowest BCUT2D eigenvalue weighted by Gasteiger charge is -2.35. The van der Waals surface area contributed by atoms with Crippen molar-refractivity contribution in [2.24, 2.45) is 0 Å². The van der Waals surface area contributed by atoms with Crippen LogP contribution >= 0.6 is 22.6 Å². The predicted octanol–water partition coefficient (Wildman–Crippen LogP) is 4.32. The zero-order chi connectivity index (χ0) is 11.2. The van der Waals surface area contributed by atoms with Gasteiger partial charge in [-0.1, -0.05) is 71.2 Å². The summed E-state index contributed by atoms with van der Waals surface area (Å²) >= 11 is 2.58. The van der Waals surface area contributed by atoms with Crippen molar-refractivity contribution in [3.05, 3.63) is 65.3 Å². The van der Waals surface area contributed by atoms with E-state index >= 15 is 0 Å². The minimum absolute atomic E-state index is 0.172. The smallest absolute Gasteiger partial charge is 0.0687 e. The maximum atomic E-state index is 2.58. The number of halogens is 1. The normalized spacial score (nSPS) is 26.6. The predicted molar refractivity (Wildman–Crippen MR) is 77.8 cm³/mol. The molecule has 0 aliphatic heterocycles. The monoisotopic (exact) mass is 320 g/mol. The van der Waals surface area contributed by atoms with Crippen LogP contribution in [-0.2, 0) is 6.42 Å².